The number of aliphatic hydroxyl groups is 1. The van der Waals surface area contributed by atoms with Crippen molar-refractivity contribution < 1.29 is 9.50 Å². The molecule has 0 radical (unpaired) electrons. The van der Waals surface area contributed by atoms with E-state index in [-0.39, 0.29) is 18.5 Å². The molecule has 1 aromatic carbocycles. The molecule has 21 heavy (non-hydrogen) atoms. The molecule has 0 amide bonds. The van der Waals surface area contributed by atoms with Crippen molar-refractivity contribution in [1.29, 1.82) is 0 Å². The Morgan fingerprint density at radius 2 is 2.19 bits per heavy atom. The molecular weight excluding hydrogens is 267 g/mol. The van der Waals surface area contributed by atoms with Gasteiger partial charge in [0.1, 0.15) is 5.82 Å². The Morgan fingerprint density at radius 3 is 3.05 bits per heavy atom. The largest absolute Gasteiger partial charge is 0.395 e. The van der Waals surface area contributed by atoms with Gasteiger partial charge in [0, 0.05) is 24.2 Å². The van der Waals surface area contributed by atoms with E-state index in [9.17, 15) is 9.50 Å². The maximum Gasteiger partial charge on any atom is 0.124 e. The van der Waals surface area contributed by atoms with Crippen molar-refractivity contribution in [1.82, 2.24) is 9.88 Å². The maximum absolute atomic E-state index is 13.8. The molecule has 3 rings (SSSR count). The quantitative estimate of drug-likeness (QED) is 0.942. The smallest absolute Gasteiger partial charge is 0.124 e. The van der Waals surface area contributed by atoms with Gasteiger partial charge in [0.25, 0.3) is 0 Å². The summed E-state index contributed by atoms with van der Waals surface area (Å²) in [6.07, 6.45) is 6.25. The lowest BCUT2D eigenvalue weighted by atomic mass is 10.1. The second-order valence-electron chi connectivity index (χ2n) is 5.80. The molecule has 1 unspecified atom stereocenters. The first-order valence-corrected chi connectivity index (χ1v) is 7.66. The minimum absolute atomic E-state index is 0.167. The molecule has 1 saturated heterocycles. The number of hydrogen-bond acceptors (Lipinski definition) is 3. The van der Waals surface area contributed by atoms with Crippen LogP contribution in [0.4, 0.5) is 4.39 Å². The van der Waals surface area contributed by atoms with Gasteiger partial charge in [0.2, 0.25) is 0 Å². The van der Waals surface area contributed by atoms with Crippen molar-refractivity contribution in [3.63, 3.8) is 0 Å². The predicted molar refractivity (Wildman–Crippen MR) is 81.5 cm³/mol. The van der Waals surface area contributed by atoms with Crippen LogP contribution in [0.15, 0.2) is 30.5 Å². The first kappa shape index (κ1) is 14.4. The first-order valence-electron chi connectivity index (χ1n) is 7.66. The topological polar surface area (TPSA) is 36.4 Å². The van der Waals surface area contributed by atoms with Crippen LogP contribution in [0.2, 0.25) is 0 Å². The molecule has 1 aliphatic heterocycles. The number of halogens is 1. The molecule has 2 heterocycles. The summed E-state index contributed by atoms with van der Waals surface area (Å²) in [5.74, 6) is -0.221. The van der Waals surface area contributed by atoms with Crippen LogP contribution in [-0.2, 0) is 6.54 Å². The Kier molecular flexibility index (Phi) is 4.46. The highest BCUT2D eigenvalue weighted by atomic mass is 19.1. The third-order valence-corrected chi connectivity index (χ3v) is 4.33. The number of likely N-dealkylation sites (tertiary alicyclic amines) is 1. The standard InChI is InChI=1S/C17H21FN2O/c18-15-9-13-5-4-7-19-17(13)14(10-15)11-20-8-3-1-2-6-16(20)12-21/h4-5,7,9-10,16,21H,1-3,6,8,11-12H2. The van der Waals surface area contributed by atoms with Crippen LogP contribution >= 0.6 is 0 Å². The lowest BCUT2D eigenvalue weighted by Gasteiger charge is -2.28. The fourth-order valence-corrected chi connectivity index (χ4v) is 3.22. The molecule has 0 bridgehead atoms. The van der Waals surface area contributed by atoms with Crippen LogP contribution in [0.3, 0.4) is 0 Å². The molecule has 0 saturated carbocycles. The average molecular weight is 288 g/mol. The van der Waals surface area contributed by atoms with Gasteiger partial charge in [-0.15, -0.1) is 0 Å². The zero-order valence-electron chi connectivity index (χ0n) is 12.1. The highest BCUT2D eigenvalue weighted by Crippen LogP contribution is 2.23. The van der Waals surface area contributed by atoms with Crippen LogP contribution < -0.4 is 0 Å². The Labute approximate surface area is 124 Å². The fourth-order valence-electron chi connectivity index (χ4n) is 3.22. The molecule has 1 aromatic heterocycles. The Morgan fingerprint density at radius 1 is 1.29 bits per heavy atom. The van der Waals surface area contributed by atoms with E-state index in [1.807, 2.05) is 12.1 Å². The molecule has 1 atom stereocenters. The number of fused-ring (bicyclic) bond motifs is 1. The average Bonchev–Trinajstić information content (AvgIpc) is 2.72. The van der Waals surface area contributed by atoms with Crippen molar-refractivity contribution in [3.8, 4) is 0 Å². The van der Waals surface area contributed by atoms with Gasteiger partial charge in [-0.1, -0.05) is 18.9 Å². The van der Waals surface area contributed by atoms with E-state index in [1.165, 1.54) is 12.5 Å². The van der Waals surface area contributed by atoms with Crippen molar-refractivity contribution in [2.24, 2.45) is 0 Å². The van der Waals surface area contributed by atoms with Gasteiger partial charge in [-0.2, -0.15) is 0 Å². The van der Waals surface area contributed by atoms with Crippen molar-refractivity contribution in [2.45, 2.75) is 38.3 Å². The minimum atomic E-state index is -0.221. The zero-order chi connectivity index (χ0) is 14.7. The second kappa shape index (κ2) is 6.50. The number of benzene rings is 1. The summed E-state index contributed by atoms with van der Waals surface area (Å²) in [6, 6.07) is 7.00. The van der Waals surface area contributed by atoms with Gasteiger partial charge < -0.3 is 5.11 Å². The van der Waals surface area contributed by atoms with E-state index in [1.54, 1.807) is 12.3 Å². The van der Waals surface area contributed by atoms with Crippen molar-refractivity contribution in [2.75, 3.05) is 13.2 Å². The fraction of sp³-hybridized carbons (Fsp3) is 0.471. The summed E-state index contributed by atoms with van der Waals surface area (Å²) in [5.41, 5.74) is 1.77. The summed E-state index contributed by atoms with van der Waals surface area (Å²) in [6.45, 7) is 1.77. The molecule has 4 heteroatoms. The minimum Gasteiger partial charge on any atom is -0.395 e. The van der Waals surface area contributed by atoms with E-state index in [0.717, 1.165) is 42.3 Å². The number of nitrogens with zero attached hydrogens (tertiary/aromatic N) is 2. The van der Waals surface area contributed by atoms with Gasteiger partial charge in [-0.3, -0.25) is 9.88 Å². The van der Waals surface area contributed by atoms with Crippen LogP contribution in [-0.4, -0.2) is 34.2 Å². The van der Waals surface area contributed by atoms with E-state index in [2.05, 4.69) is 9.88 Å². The van der Waals surface area contributed by atoms with E-state index >= 15 is 0 Å². The summed E-state index contributed by atoms with van der Waals surface area (Å²) >= 11 is 0. The SMILES string of the molecule is OCC1CCCCCN1Cc1cc(F)cc2cccnc12. The van der Waals surface area contributed by atoms with E-state index < -0.39 is 0 Å². The number of aromatic nitrogens is 1. The van der Waals surface area contributed by atoms with E-state index in [0.29, 0.717) is 6.54 Å². The van der Waals surface area contributed by atoms with Crippen LogP contribution in [0.25, 0.3) is 10.9 Å². The highest BCUT2D eigenvalue weighted by Gasteiger charge is 2.21. The van der Waals surface area contributed by atoms with Gasteiger partial charge in [-0.25, -0.2) is 4.39 Å². The van der Waals surface area contributed by atoms with E-state index in [4.69, 9.17) is 0 Å². The van der Waals surface area contributed by atoms with Crippen LogP contribution in [0.1, 0.15) is 31.2 Å². The molecule has 2 aromatic rings. The normalized spacial score (nSPS) is 20.6. The van der Waals surface area contributed by atoms with Crippen molar-refractivity contribution >= 4 is 10.9 Å². The van der Waals surface area contributed by atoms with Crippen molar-refractivity contribution in [3.05, 3.63) is 41.8 Å². The molecule has 3 nitrogen and oxygen atoms in total. The third kappa shape index (κ3) is 3.22. The van der Waals surface area contributed by atoms with Gasteiger partial charge in [0.05, 0.1) is 12.1 Å². The summed E-state index contributed by atoms with van der Waals surface area (Å²) < 4.78 is 13.8. The predicted octanol–water partition coefficient (Wildman–Crippen LogP) is 3.11. The third-order valence-electron chi connectivity index (χ3n) is 4.33. The maximum atomic E-state index is 13.8. The van der Waals surface area contributed by atoms with Gasteiger partial charge >= 0.3 is 0 Å². The molecule has 1 fully saturated rings. The Balaban J connectivity index is 1.92. The lowest BCUT2D eigenvalue weighted by molar-refractivity contribution is 0.119. The monoisotopic (exact) mass is 288 g/mol. The molecule has 0 aliphatic carbocycles. The lowest BCUT2D eigenvalue weighted by Crippen LogP contribution is -2.37. The Bertz CT molecular complexity index is 617. The molecule has 1 aliphatic rings. The molecular formula is C17H21FN2O. The number of hydrogen-bond donors (Lipinski definition) is 1. The summed E-state index contributed by atoms with van der Waals surface area (Å²) in [4.78, 5) is 6.68. The second-order valence-corrected chi connectivity index (χ2v) is 5.80. The number of rotatable bonds is 3. The number of aliphatic hydroxyl groups excluding tert-OH is 1. The Hall–Kier alpha value is -1.52. The number of pyridine rings is 1. The van der Waals surface area contributed by atoms with Gasteiger partial charge in [-0.05, 0) is 43.1 Å². The van der Waals surface area contributed by atoms with Gasteiger partial charge in [0.15, 0.2) is 0 Å². The molecule has 0 spiro atoms. The van der Waals surface area contributed by atoms with Crippen LogP contribution in [0.5, 0.6) is 0 Å². The molecule has 1 N–H and O–H groups in total. The summed E-state index contributed by atoms with van der Waals surface area (Å²) in [5, 5.41) is 10.4. The highest BCUT2D eigenvalue weighted by molar-refractivity contribution is 5.81. The summed E-state index contributed by atoms with van der Waals surface area (Å²) in [7, 11) is 0. The zero-order valence-corrected chi connectivity index (χ0v) is 12.1. The first-order chi connectivity index (χ1) is 10.3. The van der Waals surface area contributed by atoms with Crippen LogP contribution in [0, 0.1) is 5.82 Å². The molecule has 112 valence electrons.